The van der Waals surface area contributed by atoms with Crippen molar-refractivity contribution in [3.05, 3.63) is 53.1 Å². The molecule has 2 aromatic rings. The highest BCUT2D eigenvalue weighted by atomic mass is 35.5. The Kier molecular flexibility index (Phi) is 4.84. The third kappa shape index (κ3) is 3.94. The van der Waals surface area contributed by atoms with Gasteiger partial charge in [0.2, 0.25) is 10.0 Å². The van der Waals surface area contributed by atoms with Crippen molar-refractivity contribution in [3.8, 4) is 0 Å². The molecular formula is C12H11ClN4O2S2. The first-order valence-corrected chi connectivity index (χ1v) is 8.01. The van der Waals surface area contributed by atoms with Crippen molar-refractivity contribution < 1.29 is 8.42 Å². The number of nitrogens with two attached hydrogens (primary N) is 1. The second-order valence-electron chi connectivity index (χ2n) is 4.03. The van der Waals surface area contributed by atoms with Crippen LogP contribution in [-0.4, -0.2) is 23.4 Å². The third-order valence-corrected chi connectivity index (χ3v) is 4.71. The van der Waals surface area contributed by atoms with Gasteiger partial charge in [-0.05, 0) is 18.2 Å². The van der Waals surface area contributed by atoms with E-state index in [-0.39, 0.29) is 21.5 Å². The lowest BCUT2D eigenvalue weighted by Crippen LogP contribution is -2.24. The molecule has 3 N–H and O–H groups in total. The average Bonchev–Trinajstić information content (AvgIpc) is 2.46. The van der Waals surface area contributed by atoms with E-state index in [1.54, 1.807) is 6.07 Å². The maximum Gasteiger partial charge on any atom is 0.242 e. The predicted octanol–water partition coefficient (Wildman–Crippen LogP) is 1.24. The van der Waals surface area contributed by atoms with Gasteiger partial charge in [0.05, 0.1) is 17.3 Å². The topological polar surface area (TPSA) is 98.0 Å². The van der Waals surface area contributed by atoms with Gasteiger partial charge in [0.1, 0.15) is 16.2 Å². The molecule has 1 aromatic heterocycles. The Morgan fingerprint density at radius 3 is 2.71 bits per heavy atom. The fraction of sp³-hybridized carbons (Fsp3) is 0.0833. The molecule has 110 valence electrons. The summed E-state index contributed by atoms with van der Waals surface area (Å²) in [7, 11) is -3.76. The average molecular weight is 343 g/mol. The number of nitrogens with zero attached hydrogens (tertiary/aromatic N) is 2. The van der Waals surface area contributed by atoms with Crippen LogP contribution in [-0.2, 0) is 16.6 Å². The first-order valence-electron chi connectivity index (χ1n) is 5.74. The lowest BCUT2D eigenvalue weighted by atomic mass is 10.2. The van der Waals surface area contributed by atoms with Crippen molar-refractivity contribution in [2.24, 2.45) is 5.73 Å². The summed E-state index contributed by atoms with van der Waals surface area (Å²) in [6.45, 7) is 0.0399. The van der Waals surface area contributed by atoms with Gasteiger partial charge >= 0.3 is 0 Å². The molecule has 0 spiro atoms. The highest BCUT2D eigenvalue weighted by Gasteiger charge is 2.18. The van der Waals surface area contributed by atoms with E-state index >= 15 is 0 Å². The number of hydrogen-bond acceptors (Lipinski definition) is 5. The molecule has 0 unspecified atom stereocenters. The van der Waals surface area contributed by atoms with Crippen LogP contribution in [0.1, 0.15) is 11.3 Å². The molecule has 0 saturated carbocycles. The maximum absolute atomic E-state index is 12.2. The fourth-order valence-corrected chi connectivity index (χ4v) is 3.21. The molecule has 0 fully saturated rings. The Bertz CT molecular complexity index is 766. The molecule has 9 heteroatoms. The number of hydrogen-bond donors (Lipinski definition) is 2. The number of benzene rings is 1. The normalized spacial score (nSPS) is 11.3. The van der Waals surface area contributed by atoms with E-state index < -0.39 is 10.0 Å². The van der Waals surface area contributed by atoms with Crippen LogP contribution in [0.15, 0.2) is 41.7 Å². The van der Waals surface area contributed by atoms with E-state index in [1.807, 2.05) is 0 Å². The van der Waals surface area contributed by atoms with Gasteiger partial charge in [-0.2, -0.15) is 0 Å². The van der Waals surface area contributed by atoms with Gasteiger partial charge in [-0.1, -0.05) is 29.9 Å². The predicted molar refractivity (Wildman–Crippen MR) is 83.4 cm³/mol. The van der Waals surface area contributed by atoms with Crippen LogP contribution in [0.25, 0.3) is 0 Å². The molecule has 6 nitrogen and oxygen atoms in total. The molecule has 0 aliphatic heterocycles. The Hall–Kier alpha value is -1.61. The molecule has 0 amide bonds. The Balaban J connectivity index is 2.22. The zero-order valence-electron chi connectivity index (χ0n) is 10.7. The zero-order chi connectivity index (χ0) is 15.5. The third-order valence-electron chi connectivity index (χ3n) is 2.59. The van der Waals surface area contributed by atoms with Crippen molar-refractivity contribution in [1.82, 2.24) is 14.7 Å². The highest BCUT2D eigenvalue weighted by molar-refractivity contribution is 7.89. The van der Waals surface area contributed by atoms with E-state index in [0.29, 0.717) is 11.3 Å². The smallest absolute Gasteiger partial charge is 0.242 e. The lowest BCUT2D eigenvalue weighted by molar-refractivity contribution is 0.580. The second-order valence-corrected chi connectivity index (χ2v) is 6.62. The molecule has 0 saturated heterocycles. The van der Waals surface area contributed by atoms with Gasteiger partial charge < -0.3 is 5.73 Å². The first-order chi connectivity index (χ1) is 9.90. The molecule has 0 bridgehead atoms. The summed E-state index contributed by atoms with van der Waals surface area (Å²) in [5.74, 6) is 0. The summed E-state index contributed by atoms with van der Waals surface area (Å²) in [6, 6.07) is 5.90. The van der Waals surface area contributed by atoms with E-state index in [1.165, 1.54) is 30.7 Å². The van der Waals surface area contributed by atoms with Gasteiger partial charge in [-0.3, -0.25) is 0 Å². The maximum atomic E-state index is 12.2. The minimum absolute atomic E-state index is 0.0399. The minimum atomic E-state index is -3.76. The molecule has 0 aliphatic rings. The second kappa shape index (κ2) is 6.44. The molecule has 2 rings (SSSR count). The van der Waals surface area contributed by atoms with E-state index in [2.05, 4.69) is 14.7 Å². The van der Waals surface area contributed by atoms with Crippen molar-refractivity contribution >= 4 is 38.8 Å². The summed E-state index contributed by atoms with van der Waals surface area (Å²) in [6.07, 6.45) is 2.87. The molecule has 0 aliphatic carbocycles. The number of halogens is 1. The molecule has 0 radical (unpaired) electrons. The van der Waals surface area contributed by atoms with Gasteiger partial charge in [-0.25, -0.2) is 23.1 Å². The molecule has 1 heterocycles. The van der Waals surface area contributed by atoms with Crippen LogP contribution < -0.4 is 10.5 Å². The Labute approximate surface area is 132 Å². The van der Waals surface area contributed by atoms with Crippen LogP contribution in [0.5, 0.6) is 0 Å². The summed E-state index contributed by atoms with van der Waals surface area (Å²) in [5.41, 5.74) is 6.52. The standard InChI is InChI=1S/C12H11ClN4O2S2/c13-10-5-8(12(14)20)1-2-11(10)21(18,19)17-6-9-3-4-15-7-16-9/h1-5,7,17H,6H2,(H2,14,20). The van der Waals surface area contributed by atoms with Gasteiger partial charge in [0.25, 0.3) is 0 Å². The van der Waals surface area contributed by atoms with E-state index in [4.69, 9.17) is 29.6 Å². The molecule has 21 heavy (non-hydrogen) atoms. The number of nitrogens with one attached hydrogen (secondary N) is 1. The largest absolute Gasteiger partial charge is 0.389 e. The summed E-state index contributed by atoms with van der Waals surface area (Å²) in [5, 5.41) is 0.0514. The van der Waals surface area contributed by atoms with Crippen LogP contribution in [0.3, 0.4) is 0 Å². The monoisotopic (exact) mass is 342 g/mol. The van der Waals surface area contributed by atoms with Gasteiger partial charge in [0, 0.05) is 11.8 Å². The quantitative estimate of drug-likeness (QED) is 0.793. The van der Waals surface area contributed by atoms with Gasteiger partial charge in [0.15, 0.2) is 0 Å². The van der Waals surface area contributed by atoms with Crippen molar-refractivity contribution in [1.29, 1.82) is 0 Å². The van der Waals surface area contributed by atoms with E-state index in [0.717, 1.165) is 0 Å². The number of thiocarbonyl (C=S) groups is 1. The van der Waals surface area contributed by atoms with Gasteiger partial charge in [-0.15, -0.1) is 0 Å². The first kappa shape index (κ1) is 15.8. The molecular weight excluding hydrogens is 332 g/mol. The SMILES string of the molecule is NC(=S)c1ccc(S(=O)(=O)NCc2ccncn2)c(Cl)c1. The van der Waals surface area contributed by atoms with Crippen LogP contribution >= 0.6 is 23.8 Å². The zero-order valence-corrected chi connectivity index (χ0v) is 13.0. The molecule has 0 atom stereocenters. The number of aromatic nitrogens is 2. The van der Waals surface area contributed by atoms with Crippen molar-refractivity contribution in [3.63, 3.8) is 0 Å². The highest BCUT2D eigenvalue weighted by Crippen LogP contribution is 2.22. The number of rotatable bonds is 5. The van der Waals surface area contributed by atoms with Crippen molar-refractivity contribution in [2.75, 3.05) is 0 Å². The summed E-state index contributed by atoms with van der Waals surface area (Å²) in [4.78, 5) is 7.79. The minimum Gasteiger partial charge on any atom is -0.389 e. The lowest BCUT2D eigenvalue weighted by Gasteiger charge is -2.09. The summed E-state index contributed by atoms with van der Waals surface area (Å²) < 4.78 is 26.8. The Morgan fingerprint density at radius 1 is 1.38 bits per heavy atom. The summed E-state index contributed by atoms with van der Waals surface area (Å²) >= 11 is 10.8. The number of sulfonamides is 1. The van der Waals surface area contributed by atoms with Crippen LogP contribution in [0, 0.1) is 0 Å². The van der Waals surface area contributed by atoms with E-state index in [9.17, 15) is 8.42 Å². The fourth-order valence-electron chi connectivity index (χ4n) is 1.54. The van der Waals surface area contributed by atoms with Crippen molar-refractivity contribution in [2.45, 2.75) is 11.4 Å². The van der Waals surface area contributed by atoms with Crippen LogP contribution in [0.4, 0.5) is 0 Å². The molecule has 1 aromatic carbocycles. The van der Waals surface area contributed by atoms with Crippen LogP contribution in [0.2, 0.25) is 5.02 Å². The Morgan fingerprint density at radius 2 is 2.14 bits per heavy atom.